The number of alkyl carbamates (subject to hydrolysis) is 1. The summed E-state index contributed by atoms with van der Waals surface area (Å²) in [6.45, 7) is 3.71. The molecule has 0 unspecified atom stereocenters. The molecule has 0 aliphatic carbocycles. The molecule has 0 aliphatic rings. The van der Waals surface area contributed by atoms with Gasteiger partial charge in [-0.3, -0.25) is 4.79 Å². The first kappa shape index (κ1) is 25.3. The molecule has 0 aromatic heterocycles. The second-order valence-electron chi connectivity index (χ2n) is 7.51. The number of ether oxygens (including phenoxy) is 2. The van der Waals surface area contributed by atoms with Crippen LogP contribution in [0.5, 0.6) is 0 Å². The van der Waals surface area contributed by atoms with E-state index in [0.717, 1.165) is 11.1 Å². The molecule has 2 amide bonds. The van der Waals surface area contributed by atoms with Crippen LogP contribution in [0.1, 0.15) is 25.0 Å². The van der Waals surface area contributed by atoms with Crippen LogP contribution in [0.25, 0.3) is 0 Å². The third kappa shape index (κ3) is 8.63. The van der Waals surface area contributed by atoms with E-state index >= 15 is 0 Å². The minimum atomic E-state index is -0.877. The first-order valence-electron chi connectivity index (χ1n) is 10.4. The second kappa shape index (κ2) is 13.4. The number of carbonyl (C=O) groups excluding carboxylic acids is 3. The molecule has 0 fully saturated rings. The molecule has 0 heterocycles. The topological polar surface area (TPSA) is 93.7 Å². The van der Waals surface area contributed by atoms with Crippen molar-refractivity contribution in [2.75, 3.05) is 12.9 Å². The van der Waals surface area contributed by atoms with E-state index in [1.165, 1.54) is 18.9 Å². The zero-order chi connectivity index (χ0) is 23.3. The molecule has 8 heteroatoms. The summed E-state index contributed by atoms with van der Waals surface area (Å²) in [5.41, 5.74) is 1.95. The van der Waals surface area contributed by atoms with E-state index in [4.69, 9.17) is 9.47 Å². The second-order valence-corrected chi connectivity index (χ2v) is 8.54. The van der Waals surface area contributed by atoms with Crippen LogP contribution in [0.2, 0.25) is 0 Å². The number of methoxy groups -OCH3 is 1. The van der Waals surface area contributed by atoms with Gasteiger partial charge in [0.05, 0.1) is 7.11 Å². The number of nitrogens with one attached hydrogen (secondary N) is 2. The van der Waals surface area contributed by atoms with Gasteiger partial charge in [-0.15, -0.1) is 0 Å². The molecule has 2 aromatic rings. The molecule has 2 rings (SSSR count). The van der Waals surface area contributed by atoms with Crippen LogP contribution in [0.3, 0.4) is 0 Å². The van der Waals surface area contributed by atoms with Crippen molar-refractivity contribution in [2.45, 2.75) is 38.3 Å². The first-order chi connectivity index (χ1) is 15.4. The van der Waals surface area contributed by atoms with Crippen molar-refractivity contribution in [3.05, 3.63) is 71.8 Å². The van der Waals surface area contributed by atoms with Gasteiger partial charge in [-0.05, 0) is 17.0 Å². The van der Waals surface area contributed by atoms with Gasteiger partial charge in [-0.25, -0.2) is 9.59 Å². The van der Waals surface area contributed by atoms with Gasteiger partial charge in [0.25, 0.3) is 0 Å². The normalized spacial score (nSPS) is 12.5. The molecule has 2 N–H and O–H groups in total. The fourth-order valence-corrected chi connectivity index (χ4v) is 3.85. The van der Waals surface area contributed by atoms with Gasteiger partial charge >= 0.3 is 12.1 Å². The van der Waals surface area contributed by atoms with Crippen molar-refractivity contribution in [3.8, 4) is 0 Å². The van der Waals surface area contributed by atoms with Crippen LogP contribution in [0.15, 0.2) is 60.7 Å². The Labute approximate surface area is 193 Å². The predicted molar refractivity (Wildman–Crippen MR) is 125 cm³/mol. The molecule has 32 heavy (non-hydrogen) atoms. The van der Waals surface area contributed by atoms with Gasteiger partial charge in [0.1, 0.15) is 18.7 Å². The number of rotatable bonds is 11. The summed E-state index contributed by atoms with van der Waals surface area (Å²) >= 11 is 1.50. The molecule has 2 atom stereocenters. The smallest absolute Gasteiger partial charge is 0.408 e. The summed E-state index contributed by atoms with van der Waals surface area (Å²) in [6, 6.07) is 17.4. The largest absolute Gasteiger partial charge is 0.467 e. The summed E-state index contributed by atoms with van der Waals surface area (Å²) in [7, 11) is 1.27. The third-order valence-corrected chi connectivity index (χ3v) is 5.74. The molecule has 7 nitrogen and oxygen atoms in total. The Kier molecular flexibility index (Phi) is 10.6. The molecule has 0 aliphatic heterocycles. The molecule has 2 aromatic carbocycles. The Balaban J connectivity index is 2.00. The minimum absolute atomic E-state index is 0.0922. The van der Waals surface area contributed by atoms with E-state index in [1.807, 2.05) is 74.5 Å². The van der Waals surface area contributed by atoms with E-state index in [-0.39, 0.29) is 12.5 Å². The standard InChI is InChI=1S/C24H30N2O5S/c1-17(2)21(23(28)30-3)26-22(27)20(16-32-15-19-12-8-5-9-13-19)25-24(29)31-14-18-10-6-4-7-11-18/h4-13,17,20-21H,14-16H2,1-3H3,(H,25,29)(H,26,27)/t20-,21+/m0/s1. The molecule has 0 saturated carbocycles. The maximum Gasteiger partial charge on any atom is 0.408 e. The Hall–Kier alpha value is -3.00. The van der Waals surface area contributed by atoms with Crippen LogP contribution >= 0.6 is 11.8 Å². The number of carbonyl (C=O) groups is 3. The summed E-state index contributed by atoms with van der Waals surface area (Å²) in [5, 5.41) is 5.33. The Morgan fingerprint density at radius 2 is 1.50 bits per heavy atom. The highest BCUT2D eigenvalue weighted by molar-refractivity contribution is 7.98. The zero-order valence-electron chi connectivity index (χ0n) is 18.6. The fourth-order valence-electron chi connectivity index (χ4n) is 2.84. The molecule has 172 valence electrons. The highest BCUT2D eigenvalue weighted by Gasteiger charge is 2.29. The number of amides is 2. The lowest BCUT2D eigenvalue weighted by Gasteiger charge is -2.24. The SMILES string of the molecule is COC(=O)[C@H](NC(=O)[C@H](CSCc1ccccc1)NC(=O)OCc1ccccc1)C(C)C. The molecule has 0 bridgehead atoms. The summed E-state index contributed by atoms with van der Waals surface area (Å²) < 4.78 is 10.1. The van der Waals surface area contributed by atoms with Crippen molar-refractivity contribution >= 4 is 29.7 Å². The number of hydrogen-bond donors (Lipinski definition) is 2. The molecule has 0 radical (unpaired) electrons. The van der Waals surface area contributed by atoms with Crippen LogP contribution in [-0.4, -0.2) is 42.9 Å². The fraction of sp³-hybridized carbons (Fsp3) is 0.375. The highest BCUT2D eigenvalue weighted by Crippen LogP contribution is 2.14. The Morgan fingerprint density at radius 3 is 2.06 bits per heavy atom. The van der Waals surface area contributed by atoms with Crippen molar-refractivity contribution in [3.63, 3.8) is 0 Å². The van der Waals surface area contributed by atoms with Crippen molar-refractivity contribution in [1.82, 2.24) is 10.6 Å². The highest BCUT2D eigenvalue weighted by atomic mass is 32.2. The van der Waals surface area contributed by atoms with Gasteiger partial charge in [-0.1, -0.05) is 74.5 Å². The quantitative estimate of drug-likeness (QED) is 0.501. The van der Waals surface area contributed by atoms with Crippen LogP contribution < -0.4 is 10.6 Å². The van der Waals surface area contributed by atoms with Crippen LogP contribution in [0.4, 0.5) is 4.79 Å². The maximum absolute atomic E-state index is 12.9. The van der Waals surface area contributed by atoms with Gasteiger partial charge in [0.15, 0.2) is 0 Å². The average Bonchev–Trinajstić information content (AvgIpc) is 2.81. The van der Waals surface area contributed by atoms with E-state index in [1.54, 1.807) is 0 Å². The first-order valence-corrected chi connectivity index (χ1v) is 11.5. The maximum atomic E-state index is 12.9. The number of thioether (sulfide) groups is 1. The predicted octanol–water partition coefficient (Wildman–Crippen LogP) is 3.53. The van der Waals surface area contributed by atoms with Gasteiger partial charge in [0.2, 0.25) is 5.91 Å². The lowest BCUT2D eigenvalue weighted by Crippen LogP contribution is -2.54. The molecule has 0 spiro atoms. The summed E-state index contributed by atoms with van der Waals surface area (Å²) in [4.78, 5) is 37.3. The number of benzene rings is 2. The Bertz CT molecular complexity index is 861. The summed E-state index contributed by atoms with van der Waals surface area (Å²) in [5.74, 6) is -0.181. The van der Waals surface area contributed by atoms with Crippen molar-refractivity contribution in [2.24, 2.45) is 5.92 Å². The number of esters is 1. The molecule has 0 saturated heterocycles. The monoisotopic (exact) mass is 458 g/mol. The van der Waals surface area contributed by atoms with Crippen molar-refractivity contribution < 1.29 is 23.9 Å². The minimum Gasteiger partial charge on any atom is -0.467 e. The average molecular weight is 459 g/mol. The lowest BCUT2D eigenvalue weighted by molar-refractivity contribution is -0.146. The summed E-state index contributed by atoms with van der Waals surface area (Å²) in [6.07, 6.45) is -0.700. The van der Waals surface area contributed by atoms with E-state index in [9.17, 15) is 14.4 Å². The zero-order valence-corrected chi connectivity index (χ0v) is 19.4. The van der Waals surface area contributed by atoms with Gasteiger partial charge in [-0.2, -0.15) is 11.8 Å². The van der Waals surface area contributed by atoms with E-state index < -0.39 is 30.1 Å². The lowest BCUT2D eigenvalue weighted by atomic mass is 10.0. The van der Waals surface area contributed by atoms with Gasteiger partial charge in [0, 0.05) is 11.5 Å². The van der Waals surface area contributed by atoms with Gasteiger partial charge < -0.3 is 20.1 Å². The van der Waals surface area contributed by atoms with Crippen LogP contribution in [0, 0.1) is 5.92 Å². The number of hydrogen-bond acceptors (Lipinski definition) is 6. The third-order valence-electron chi connectivity index (χ3n) is 4.64. The van der Waals surface area contributed by atoms with E-state index in [2.05, 4.69) is 10.6 Å². The van der Waals surface area contributed by atoms with Crippen LogP contribution in [-0.2, 0) is 31.4 Å². The Morgan fingerprint density at radius 1 is 0.906 bits per heavy atom. The van der Waals surface area contributed by atoms with E-state index in [0.29, 0.717) is 11.5 Å². The molecular formula is C24H30N2O5S. The van der Waals surface area contributed by atoms with Crippen molar-refractivity contribution in [1.29, 1.82) is 0 Å². The molecular weight excluding hydrogens is 428 g/mol.